The molecule has 200 valence electrons. The number of pyridine rings is 1. The van der Waals surface area contributed by atoms with Crippen molar-refractivity contribution in [2.45, 2.75) is 52.6 Å². The SMILES string of the molecule is CC[C@@H](NC(=O)N1C(=O)C(Cc2cc(C)nc(N)c2)[C@H]1C(=O)N(C)c1nccn1C)c1cc(C)ccc1C. The number of aryl methyl sites for hydroxylation is 4. The van der Waals surface area contributed by atoms with Gasteiger partial charge in [-0.3, -0.25) is 19.4 Å². The molecule has 0 bridgehead atoms. The average molecular weight is 518 g/mol. The second kappa shape index (κ2) is 10.6. The molecule has 10 heteroatoms. The maximum atomic E-state index is 13.8. The van der Waals surface area contributed by atoms with Crippen molar-refractivity contribution >= 4 is 29.6 Å². The van der Waals surface area contributed by atoms with E-state index in [4.69, 9.17) is 5.73 Å². The van der Waals surface area contributed by atoms with E-state index >= 15 is 0 Å². The minimum Gasteiger partial charge on any atom is -0.384 e. The number of nitrogens with two attached hydrogens (primary N) is 1. The van der Waals surface area contributed by atoms with Crippen molar-refractivity contribution in [3.63, 3.8) is 0 Å². The molecule has 0 radical (unpaired) electrons. The highest BCUT2D eigenvalue weighted by Crippen LogP contribution is 2.33. The van der Waals surface area contributed by atoms with Crippen molar-refractivity contribution < 1.29 is 14.4 Å². The number of amides is 4. The summed E-state index contributed by atoms with van der Waals surface area (Å²) in [4.78, 5) is 51.6. The molecule has 1 saturated heterocycles. The molecule has 0 aliphatic carbocycles. The van der Waals surface area contributed by atoms with Crippen LogP contribution in [0, 0.1) is 26.7 Å². The number of carbonyl (C=O) groups excluding carboxylic acids is 3. The number of likely N-dealkylation sites (N-methyl/N-ethyl adjacent to an activating group) is 1. The third kappa shape index (κ3) is 5.11. The lowest BCUT2D eigenvalue weighted by Crippen LogP contribution is -2.70. The zero-order chi connectivity index (χ0) is 27.7. The number of nitrogens with zero attached hydrogens (tertiary/aromatic N) is 5. The predicted octanol–water partition coefficient (Wildman–Crippen LogP) is 3.22. The number of nitrogens with one attached hydrogen (secondary N) is 1. The first-order valence-corrected chi connectivity index (χ1v) is 12.7. The quantitative estimate of drug-likeness (QED) is 0.464. The van der Waals surface area contributed by atoms with Crippen LogP contribution in [0.2, 0.25) is 0 Å². The molecule has 3 N–H and O–H groups in total. The molecule has 1 unspecified atom stereocenters. The first-order chi connectivity index (χ1) is 18.0. The minimum absolute atomic E-state index is 0.259. The van der Waals surface area contributed by atoms with E-state index in [1.165, 1.54) is 4.90 Å². The van der Waals surface area contributed by atoms with E-state index in [9.17, 15) is 14.4 Å². The molecule has 0 saturated carbocycles. The van der Waals surface area contributed by atoms with E-state index in [0.717, 1.165) is 27.2 Å². The van der Waals surface area contributed by atoms with Gasteiger partial charge in [-0.1, -0.05) is 30.7 Å². The zero-order valence-electron chi connectivity index (χ0n) is 22.7. The van der Waals surface area contributed by atoms with Crippen LogP contribution in [-0.4, -0.2) is 50.4 Å². The van der Waals surface area contributed by atoms with Crippen LogP contribution in [0.15, 0.2) is 42.7 Å². The number of anilines is 2. The summed E-state index contributed by atoms with van der Waals surface area (Å²) >= 11 is 0. The largest absolute Gasteiger partial charge is 0.384 e. The zero-order valence-corrected chi connectivity index (χ0v) is 22.7. The Hall–Kier alpha value is -4.21. The van der Waals surface area contributed by atoms with Gasteiger partial charge in [-0.25, -0.2) is 14.8 Å². The molecule has 3 heterocycles. The molecule has 3 aromatic rings. The summed E-state index contributed by atoms with van der Waals surface area (Å²) in [7, 11) is 3.37. The average Bonchev–Trinajstić information content (AvgIpc) is 3.29. The van der Waals surface area contributed by atoms with Gasteiger partial charge >= 0.3 is 6.03 Å². The molecule has 1 fully saturated rings. The number of hydrogen-bond acceptors (Lipinski definition) is 6. The highest BCUT2D eigenvalue weighted by Gasteiger charge is 2.55. The number of nitrogen functional groups attached to an aromatic ring is 1. The molecule has 1 aliphatic heterocycles. The van der Waals surface area contributed by atoms with Gasteiger partial charge in [0.25, 0.3) is 5.91 Å². The molecule has 1 aliphatic rings. The Morgan fingerprint density at radius 3 is 2.55 bits per heavy atom. The lowest BCUT2D eigenvalue weighted by Gasteiger charge is -2.45. The normalized spacial score (nSPS) is 17.6. The molecular weight excluding hydrogens is 482 g/mol. The number of imide groups is 1. The van der Waals surface area contributed by atoms with Gasteiger partial charge < -0.3 is 15.6 Å². The Kier molecular flexibility index (Phi) is 7.52. The molecule has 3 atom stereocenters. The van der Waals surface area contributed by atoms with E-state index in [1.807, 2.05) is 52.0 Å². The van der Waals surface area contributed by atoms with Crippen LogP contribution < -0.4 is 16.0 Å². The van der Waals surface area contributed by atoms with Crippen molar-refractivity contribution in [1.29, 1.82) is 0 Å². The Bertz CT molecular complexity index is 1360. The molecule has 4 rings (SSSR count). The number of β-lactam (4-membered cyclic amide) rings is 1. The van der Waals surface area contributed by atoms with Crippen molar-refractivity contribution in [1.82, 2.24) is 24.8 Å². The Morgan fingerprint density at radius 2 is 1.92 bits per heavy atom. The molecule has 2 aromatic heterocycles. The van der Waals surface area contributed by atoms with Crippen LogP contribution >= 0.6 is 0 Å². The number of likely N-dealkylation sites (tertiary alicyclic amines) is 1. The van der Waals surface area contributed by atoms with Gasteiger partial charge in [0, 0.05) is 32.2 Å². The Morgan fingerprint density at radius 1 is 1.18 bits per heavy atom. The van der Waals surface area contributed by atoms with Gasteiger partial charge in [-0.05, 0) is 62.4 Å². The number of benzene rings is 1. The van der Waals surface area contributed by atoms with Crippen LogP contribution in [0.5, 0.6) is 0 Å². The topological polar surface area (TPSA) is 126 Å². The van der Waals surface area contributed by atoms with Gasteiger partial charge in [0.1, 0.15) is 11.9 Å². The third-order valence-corrected chi connectivity index (χ3v) is 7.12. The number of imidazole rings is 1. The molecule has 4 amide bonds. The Labute approximate surface area is 222 Å². The fourth-order valence-electron chi connectivity index (χ4n) is 5.13. The molecule has 0 spiro atoms. The van der Waals surface area contributed by atoms with Gasteiger partial charge in [-0.15, -0.1) is 0 Å². The fraction of sp³-hybridized carbons (Fsp3) is 0.393. The molecule has 38 heavy (non-hydrogen) atoms. The monoisotopic (exact) mass is 517 g/mol. The van der Waals surface area contributed by atoms with Crippen LogP contribution in [0.25, 0.3) is 0 Å². The maximum absolute atomic E-state index is 13.8. The van der Waals surface area contributed by atoms with E-state index in [-0.39, 0.29) is 12.5 Å². The summed E-state index contributed by atoms with van der Waals surface area (Å²) in [5, 5.41) is 3.00. The number of carbonyl (C=O) groups is 3. The first-order valence-electron chi connectivity index (χ1n) is 12.7. The van der Waals surface area contributed by atoms with Gasteiger partial charge in [-0.2, -0.15) is 0 Å². The summed E-state index contributed by atoms with van der Waals surface area (Å²) in [6, 6.07) is 7.72. The highest BCUT2D eigenvalue weighted by atomic mass is 16.2. The summed E-state index contributed by atoms with van der Waals surface area (Å²) in [5.74, 6) is -0.763. The standard InChI is InChI=1S/C28H35N7O3/c1-7-22(20-12-16(2)8-9-17(20)3)32-28(38)35-24(26(37)34(6)27-30-10-11-33(27)5)21(25(35)36)14-19-13-18(4)31-23(29)15-19/h8-13,15,21-22,24H,7,14H2,1-6H3,(H2,29,31)(H,32,38)/t21?,22-,24+/m1/s1. The lowest BCUT2D eigenvalue weighted by molar-refractivity contribution is -0.156. The minimum atomic E-state index is -0.991. The summed E-state index contributed by atoms with van der Waals surface area (Å²) in [6.45, 7) is 7.78. The van der Waals surface area contributed by atoms with Gasteiger partial charge in [0.15, 0.2) is 0 Å². The second-order valence-corrected chi connectivity index (χ2v) is 10.0. The number of urea groups is 1. The van der Waals surface area contributed by atoms with Crippen LogP contribution in [0.4, 0.5) is 16.6 Å². The van der Waals surface area contributed by atoms with Crippen molar-refractivity contribution in [3.05, 3.63) is 70.7 Å². The summed E-state index contributed by atoms with van der Waals surface area (Å²) in [6.07, 6.45) is 4.20. The van der Waals surface area contributed by atoms with Crippen molar-refractivity contribution in [2.75, 3.05) is 17.7 Å². The highest BCUT2D eigenvalue weighted by molar-refractivity contribution is 6.12. The van der Waals surface area contributed by atoms with Gasteiger partial charge in [0.2, 0.25) is 11.9 Å². The molecule has 1 aromatic carbocycles. The molecular formula is C28H35N7O3. The lowest BCUT2D eigenvalue weighted by atomic mass is 9.81. The summed E-state index contributed by atoms with van der Waals surface area (Å²) < 4.78 is 1.71. The first kappa shape index (κ1) is 26.8. The fourth-order valence-corrected chi connectivity index (χ4v) is 5.13. The van der Waals surface area contributed by atoms with E-state index in [1.54, 1.807) is 37.1 Å². The second-order valence-electron chi connectivity index (χ2n) is 10.0. The number of rotatable bonds is 7. The summed E-state index contributed by atoms with van der Waals surface area (Å²) in [5.41, 5.74) is 10.5. The maximum Gasteiger partial charge on any atom is 0.325 e. The number of hydrogen-bond donors (Lipinski definition) is 2. The van der Waals surface area contributed by atoms with E-state index in [0.29, 0.717) is 23.9 Å². The third-order valence-electron chi connectivity index (χ3n) is 7.12. The molecule has 10 nitrogen and oxygen atoms in total. The Balaban J connectivity index is 1.63. The van der Waals surface area contributed by atoms with Crippen molar-refractivity contribution in [2.24, 2.45) is 13.0 Å². The van der Waals surface area contributed by atoms with Crippen LogP contribution in [0.3, 0.4) is 0 Å². The van der Waals surface area contributed by atoms with E-state index in [2.05, 4.69) is 15.3 Å². The van der Waals surface area contributed by atoms with Crippen LogP contribution in [0.1, 0.15) is 47.3 Å². The number of aromatic nitrogens is 3. The van der Waals surface area contributed by atoms with E-state index < -0.39 is 29.8 Å². The van der Waals surface area contributed by atoms with Gasteiger partial charge in [0.05, 0.1) is 12.0 Å². The van der Waals surface area contributed by atoms with Crippen LogP contribution in [-0.2, 0) is 23.1 Å². The predicted molar refractivity (Wildman–Crippen MR) is 145 cm³/mol. The van der Waals surface area contributed by atoms with Crippen molar-refractivity contribution in [3.8, 4) is 0 Å². The smallest absolute Gasteiger partial charge is 0.325 e.